The van der Waals surface area contributed by atoms with E-state index >= 15 is 0 Å². The van der Waals surface area contributed by atoms with Crippen LogP contribution in [0.25, 0.3) is 0 Å². The summed E-state index contributed by atoms with van der Waals surface area (Å²) in [5, 5.41) is 0. The van der Waals surface area contributed by atoms with Crippen molar-refractivity contribution < 1.29 is 20.6 Å². The maximum atomic E-state index is 13.2. The Morgan fingerprint density at radius 1 is 0.929 bits per heavy atom. The van der Waals surface area contributed by atoms with Crippen LogP contribution in [0, 0.1) is 23.7 Å². The molecule has 1 aromatic heterocycles. The third-order valence-electron chi connectivity index (χ3n) is 6.49. The van der Waals surface area contributed by atoms with Crippen LogP contribution in [-0.2, 0) is 9.59 Å². The van der Waals surface area contributed by atoms with Crippen LogP contribution in [-0.4, -0.2) is 70.8 Å². The number of nitrogens with zero attached hydrogens (tertiary/aromatic N) is 5. The van der Waals surface area contributed by atoms with Crippen LogP contribution in [0.1, 0.15) is 43.0 Å². The third kappa shape index (κ3) is 3.09. The fourth-order valence-corrected chi connectivity index (χ4v) is 5.18. The second-order valence-electron chi connectivity index (χ2n) is 7.89. The van der Waals surface area contributed by atoms with Gasteiger partial charge in [-0.05, 0) is 56.4 Å². The summed E-state index contributed by atoms with van der Waals surface area (Å²) in [7, 11) is 0. The Kier molecular flexibility index (Phi) is 2.98. The molecule has 2 saturated carbocycles. The summed E-state index contributed by atoms with van der Waals surface area (Å²) in [4.78, 5) is 37.9. The van der Waals surface area contributed by atoms with Gasteiger partial charge in [0.15, 0.2) is 0 Å². The fourth-order valence-electron chi connectivity index (χ4n) is 5.18. The normalized spacial score (nSPS) is 38.7. The molecule has 2 aliphatic heterocycles. The highest BCUT2D eigenvalue weighted by molar-refractivity contribution is 6.06. The van der Waals surface area contributed by atoms with Gasteiger partial charge in [-0.15, -0.1) is 0 Å². The van der Waals surface area contributed by atoms with Crippen molar-refractivity contribution in [1.82, 2.24) is 19.8 Å². The molecule has 0 N–H and O–H groups in total. The standard InChI is InChI=1S/C21H29N5O2/c27-19-17-15-4-5-16(14-15)18(17)20(28)26(19)9-2-1-8-24-10-12-25(13-11-24)21-22-6-3-7-23-21/h3,6-7,15-18H,1-2,4-5,8-14H2/t15-,16+,17+,18-/i1D2,2D2,8D2,9D2. The highest BCUT2D eigenvalue weighted by Crippen LogP contribution is 2.56. The minimum Gasteiger partial charge on any atom is -0.338 e. The monoisotopic (exact) mass is 391 g/mol. The number of carbonyl (C=O) groups is 2. The molecule has 5 rings (SSSR count). The van der Waals surface area contributed by atoms with Gasteiger partial charge in [0.2, 0.25) is 17.8 Å². The van der Waals surface area contributed by atoms with Crippen LogP contribution in [0.3, 0.4) is 0 Å². The molecule has 3 heterocycles. The highest BCUT2D eigenvalue weighted by Gasteiger charge is 2.60. The van der Waals surface area contributed by atoms with Gasteiger partial charge < -0.3 is 4.90 Å². The molecule has 2 aliphatic carbocycles. The van der Waals surface area contributed by atoms with Gasteiger partial charge in [-0.25, -0.2) is 9.97 Å². The molecular formula is C21H29N5O2. The van der Waals surface area contributed by atoms with Crippen LogP contribution in [0.5, 0.6) is 0 Å². The molecule has 0 unspecified atom stereocenters. The maximum Gasteiger partial charge on any atom is 0.233 e. The molecule has 0 spiro atoms. The zero-order valence-corrected chi connectivity index (χ0v) is 15.5. The van der Waals surface area contributed by atoms with Crippen molar-refractivity contribution >= 4 is 17.8 Å². The molecule has 7 nitrogen and oxygen atoms in total. The Balaban J connectivity index is 1.37. The quantitative estimate of drug-likeness (QED) is 0.683. The third-order valence-corrected chi connectivity index (χ3v) is 6.49. The molecular weight excluding hydrogens is 354 g/mol. The number of likely N-dealkylation sites (tertiary alicyclic amines) is 1. The zero-order valence-electron chi connectivity index (χ0n) is 23.5. The first kappa shape index (κ1) is 11.2. The maximum absolute atomic E-state index is 13.2. The van der Waals surface area contributed by atoms with Crippen LogP contribution >= 0.6 is 0 Å². The van der Waals surface area contributed by atoms with E-state index in [0.717, 1.165) is 24.2 Å². The molecule has 2 bridgehead atoms. The van der Waals surface area contributed by atoms with Gasteiger partial charge in [-0.2, -0.15) is 0 Å². The zero-order chi connectivity index (χ0) is 26.3. The molecule has 1 aromatic rings. The second kappa shape index (κ2) is 7.43. The van der Waals surface area contributed by atoms with Gasteiger partial charge in [0, 0.05) is 56.0 Å². The minimum atomic E-state index is -3.55. The van der Waals surface area contributed by atoms with E-state index in [4.69, 9.17) is 11.0 Å². The smallest absolute Gasteiger partial charge is 0.233 e. The number of imide groups is 1. The average molecular weight is 392 g/mol. The van der Waals surface area contributed by atoms with Crippen LogP contribution in [0.2, 0.25) is 0 Å². The van der Waals surface area contributed by atoms with E-state index in [-0.39, 0.29) is 42.9 Å². The van der Waals surface area contributed by atoms with Crippen molar-refractivity contribution in [3.05, 3.63) is 18.5 Å². The van der Waals surface area contributed by atoms with Crippen molar-refractivity contribution in [2.45, 2.75) is 32.0 Å². The molecule has 150 valence electrons. The van der Waals surface area contributed by atoms with Crippen molar-refractivity contribution in [1.29, 1.82) is 0 Å². The lowest BCUT2D eigenvalue weighted by molar-refractivity contribution is -0.140. The molecule has 28 heavy (non-hydrogen) atoms. The molecule has 7 heteroatoms. The SMILES string of the molecule is [2H]C([2H])(N1CCN(c2ncccn2)CC1)C([2H])([2H])C([2H])([2H])C([2H])([2H])N1C(=O)[C@@H]2[C@H]3CC[C@H](C3)[C@@H]2C1=O. The molecule has 2 amide bonds. The topological polar surface area (TPSA) is 69.6 Å². The number of hydrogen-bond acceptors (Lipinski definition) is 6. The average Bonchev–Trinajstić information content (AvgIpc) is 3.53. The van der Waals surface area contributed by atoms with E-state index in [1.165, 1.54) is 0 Å². The lowest BCUT2D eigenvalue weighted by Gasteiger charge is -2.34. The first-order chi connectivity index (χ1) is 16.7. The number of hydrogen-bond donors (Lipinski definition) is 0. The summed E-state index contributed by atoms with van der Waals surface area (Å²) in [5.41, 5.74) is 0. The predicted octanol–water partition coefficient (Wildman–Crippen LogP) is 1.41. The molecule has 0 aromatic carbocycles. The fraction of sp³-hybridized carbons (Fsp3) is 0.714. The van der Waals surface area contributed by atoms with Gasteiger partial charge in [0.25, 0.3) is 0 Å². The van der Waals surface area contributed by atoms with Gasteiger partial charge >= 0.3 is 0 Å². The first-order valence-corrected chi connectivity index (χ1v) is 9.88. The Bertz CT molecular complexity index is 1020. The van der Waals surface area contributed by atoms with E-state index in [1.54, 1.807) is 23.4 Å². The Morgan fingerprint density at radius 3 is 2.18 bits per heavy atom. The molecule has 4 atom stereocenters. The van der Waals surface area contributed by atoms with Crippen molar-refractivity contribution in [3.63, 3.8) is 0 Å². The van der Waals surface area contributed by atoms with Crippen LogP contribution < -0.4 is 4.90 Å². The van der Waals surface area contributed by atoms with Gasteiger partial charge in [0.1, 0.15) is 0 Å². The highest BCUT2D eigenvalue weighted by atomic mass is 16.2. The summed E-state index contributed by atoms with van der Waals surface area (Å²) in [6, 6.07) is 1.66. The molecule has 0 radical (unpaired) electrons. The first-order valence-electron chi connectivity index (χ1n) is 13.9. The van der Waals surface area contributed by atoms with E-state index in [2.05, 4.69) is 9.97 Å². The molecule has 2 saturated heterocycles. The van der Waals surface area contributed by atoms with Gasteiger partial charge in [0.05, 0.1) is 11.8 Å². The number of anilines is 1. The Morgan fingerprint density at radius 2 is 1.54 bits per heavy atom. The summed E-state index contributed by atoms with van der Waals surface area (Å²) in [6.45, 7) is -5.80. The lowest BCUT2D eigenvalue weighted by atomic mass is 9.81. The number of fused-ring (bicyclic) bond motifs is 5. The molecule has 4 aliphatic rings. The van der Waals surface area contributed by atoms with E-state index in [1.807, 2.05) is 0 Å². The van der Waals surface area contributed by atoms with E-state index in [9.17, 15) is 9.59 Å². The van der Waals surface area contributed by atoms with Crippen molar-refractivity contribution in [2.24, 2.45) is 23.7 Å². The largest absolute Gasteiger partial charge is 0.338 e. The van der Waals surface area contributed by atoms with Crippen molar-refractivity contribution in [3.8, 4) is 0 Å². The van der Waals surface area contributed by atoms with Gasteiger partial charge in [-0.3, -0.25) is 19.4 Å². The number of amides is 2. The second-order valence-corrected chi connectivity index (χ2v) is 7.89. The summed E-state index contributed by atoms with van der Waals surface area (Å²) in [5.74, 6) is -2.65. The number of carbonyl (C=O) groups excluding carboxylic acids is 2. The van der Waals surface area contributed by atoms with Crippen molar-refractivity contribution in [2.75, 3.05) is 44.1 Å². The molecule has 4 fully saturated rings. The van der Waals surface area contributed by atoms with Crippen LogP contribution in [0.4, 0.5) is 5.95 Å². The number of rotatable bonds is 6. The minimum absolute atomic E-state index is 0.0128. The summed E-state index contributed by atoms with van der Waals surface area (Å²) in [6.07, 6.45) is -1.58. The van der Waals surface area contributed by atoms with Gasteiger partial charge in [-0.1, -0.05) is 0 Å². The number of aromatic nitrogens is 2. The van der Waals surface area contributed by atoms with E-state index < -0.39 is 49.4 Å². The lowest BCUT2D eigenvalue weighted by Crippen LogP contribution is -2.47. The summed E-state index contributed by atoms with van der Waals surface area (Å²) >= 11 is 0. The predicted molar refractivity (Wildman–Crippen MR) is 104 cm³/mol. The van der Waals surface area contributed by atoms with E-state index in [0.29, 0.717) is 5.95 Å². The van der Waals surface area contributed by atoms with Crippen LogP contribution in [0.15, 0.2) is 18.5 Å². The Hall–Kier alpha value is -2.02. The Labute approximate surface area is 177 Å². The number of piperazine rings is 1. The summed E-state index contributed by atoms with van der Waals surface area (Å²) < 4.78 is 68.3.